The quantitative estimate of drug-likeness (QED) is 0.0948. The zero-order chi connectivity index (χ0) is 45.8. The van der Waals surface area contributed by atoms with Crippen LogP contribution >= 0.6 is 0 Å². The average molecular weight is 894 g/mol. The van der Waals surface area contributed by atoms with E-state index < -0.39 is 77.9 Å². The number of aliphatic hydroxyl groups excluding tert-OH is 1. The third kappa shape index (κ3) is 10.6. The number of aromatic nitrogens is 2. The number of methoxy groups -OCH3 is 1. The van der Waals surface area contributed by atoms with Crippen LogP contribution in [0.5, 0.6) is 0 Å². The van der Waals surface area contributed by atoms with E-state index in [-0.39, 0.29) is 17.7 Å². The van der Waals surface area contributed by atoms with Crippen molar-refractivity contribution in [2.75, 3.05) is 44.9 Å². The molecule has 2 aromatic heterocycles. The SMILES string of the molecule is COC(=O)NC(C(=O)N[C@@H](Cc1ccc(C#Cc2ccc(N3CC4CCC(C3)N4C3COC3)nc2)cc1)[C@@H](O)CNCc1c(F)cc(-c2cc(F)ccn2)cc1F)C(C)(C)C(F)(F)F. The van der Waals surface area contributed by atoms with Crippen molar-refractivity contribution in [1.82, 2.24) is 30.8 Å². The molecule has 0 spiro atoms. The summed E-state index contributed by atoms with van der Waals surface area (Å²) in [5, 5.41) is 18.5. The second-order valence-electron chi connectivity index (χ2n) is 16.9. The summed E-state index contributed by atoms with van der Waals surface area (Å²) in [6, 6.07) is 12.8. The number of anilines is 1. The van der Waals surface area contributed by atoms with Crippen molar-refractivity contribution in [2.24, 2.45) is 5.41 Å². The Morgan fingerprint density at radius 1 is 0.906 bits per heavy atom. The fraction of sp³-hybridized carbons (Fsp3) is 0.435. The van der Waals surface area contributed by atoms with Gasteiger partial charge in [-0.15, -0.1) is 0 Å². The summed E-state index contributed by atoms with van der Waals surface area (Å²) >= 11 is 0. The second-order valence-corrected chi connectivity index (χ2v) is 16.9. The molecule has 2 aromatic carbocycles. The second kappa shape index (κ2) is 19.6. The van der Waals surface area contributed by atoms with Crippen molar-refractivity contribution in [3.63, 3.8) is 0 Å². The molecule has 3 unspecified atom stereocenters. The van der Waals surface area contributed by atoms with E-state index in [1.165, 1.54) is 12.8 Å². The average Bonchev–Trinajstić information content (AvgIpc) is 3.47. The van der Waals surface area contributed by atoms with Crippen molar-refractivity contribution in [3.8, 4) is 23.1 Å². The monoisotopic (exact) mass is 893 g/mol. The normalized spacial score (nSPS) is 19.2. The van der Waals surface area contributed by atoms with Gasteiger partial charge in [-0.1, -0.05) is 24.0 Å². The Hall–Kier alpha value is -5.74. The Labute approximate surface area is 366 Å². The summed E-state index contributed by atoms with van der Waals surface area (Å²) in [7, 11) is 0.930. The molecule has 64 heavy (non-hydrogen) atoms. The standard InChI is InChI=1S/C46H49F6N7O5/c1-45(2,46(50,51)52)42(57-44(62)63-3)43(61)56-39(40(60)22-53-21-35-36(48)17-30(18-37(35)49)38-19-31(47)14-15-54-38)16-28-7-4-27(5-8-28)6-9-29-10-13-41(55-20-29)58-23-32-11-12-33(24-58)59(32)34-25-64-26-34/h4-5,7-8,10,13-15,17-20,32-34,39-40,42,53,60H,11-12,16,21-26H2,1-3H3,(H,56,61)(H,57,62)/t32?,33?,39-,40-,42?/m0/s1. The minimum Gasteiger partial charge on any atom is -0.453 e. The summed E-state index contributed by atoms with van der Waals surface area (Å²) < 4.78 is 96.6. The first-order valence-corrected chi connectivity index (χ1v) is 20.9. The molecule has 3 aliphatic rings. The number of pyridine rings is 2. The van der Waals surface area contributed by atoms with Gasteiger partial charge in [0.05, 0.1) is 49.6 Å². The van der Waals surface area contributed by atoms with Crippen LogP contribution in [0.4, 0.5) is 37.0 Å². The zero-order valence-electron chi connectivity index (χ0n) is 35.4. The van der Waals surface area contributed by atoms with Gasteiger partial charge in [0.25, 0.3) is 0 Å². The van der Waals surface area contributed by atoms with Crippen LogP contribution in [-0.2, 0) is 27.2 Å². The molecule has 2 amide bonds. The van der Waals surface area contributed by atoms with Gasteiger partial charge in [0.1, 0.15) is 29.3 Å². The van der Waals surface area contributed by atoms with Gasteiger partial charge in [0.15, 0.2) is 0 Å². The summed E-state index contributed by atoms with van der Waals surface area (Å²) in [4.78, 5) is 39.4. The number of ether oxygens (including phenoxy) is 2. The lowest BCUT2D eigenvalue weighted by Gasteiger charge is -2.47. The van der Waals surface area contributed by atoms with Gasteiger partial charge in [0, 0.05) is 79.0 Å². The fourth-order valence-electron chi connectivity index (χ4n) is 8.32. The molecule has 3 saturated heterocycles. The van der Waals surface area contributed by atoms with E-state index >= 15 is 8.78 Å². The Bertz CT molecular complexity index is 2320. The number of aliphatic hydroxyl groups is 1. The molecule has 7 rings (SSSR count). The minimum atomic E-state index is -4.96. The number of alkyl halides is 3. The first-order valence-electron chi connectivity index (χ1n) is 20.9. The highest BCUT2D eigenvalue weighted by Crippen LogP contribution is 2.41. The zero-order valence-corrected chi connectivity index (χ0v) is 35.4. The number of hydrogen-bond acceptors (Lipinski definition) is 10. The molecular formula is C46H49F6N7O5. The van der Waals surface area contributed by atoms with Crippen LogP contribution in [0.15, 0.2) is 73.1 Å². The van der Waals surface area contributed by atoms with E-state index in [1.807, 2.05) is 17.4 Å². The molecule has 5 heterocycles. The van der Waals surface area contributed by atoms with E-state index in [1.54, 1.807) is 30.5 Å². The van der Waals surface area contributed by atoms with Gasteiger partial charge < -0.3 is 35.4 Å². The molecule has 18 heteroatoms. The molecule has 2 bridgehead atoms. The van der Waals surface area contributed by atoms with Crippen LogP contribution in [0.25, 0.3) is 11.3 Å². The number of nitrogens with one attached hydrogen (secondary N) is 3. The van der Waals surface area contributed by atoms with E-state index in [9.17, 15) is 32.3 Å². The molecule has 0 aliphatic carbocycles. The van der Waals surface area contributed by atoms with E-state index in [0.717, 1.165) is 83.5 Å². The van der Waals surface area contributed by atoms with Gasteiger partial charge in [-0.2, -0.15) is 13.2 Å². The molecule has 5 atom stereocenters. The van der Waals surface area contributed by atoms with Gasteiger partial charge in [-0.25, -0.2) is 22.9 Å². The highest BCUT2D eigenvalue weighted by molar-refractivity contribution is 5.87. The summed E-state index contributed by atoms with van der Waals surface area (Å²) in [6.07, 6.45) is -2.68. The van der Waals surface area contributed by atoms with Crippen molar-refractivity contribution in [1.29, 1.82) is 0 Å². The first kappa shape index (κ1) is 46.3. The molecule has 0 saturated carbocycles. The molecule has 0 radical (unpaired) electrons. The number of piperazine rings is 1. The number of alkyl carbamates (subject to hydrolysis) is 1. The van der Waals surface area contributed by atoms with Gasteiger partial charge in [0.2, 0.25) is 5.91 Å². The summed E-state index contributed by atoms with van der Waals surface area (Å²) in [6.45, 7) is 4.08. The van der Waals surface area contributed by atoms with E-state index in [2.05, 4.69) is 42.0 Å². The number of rotatable bonds is 14. The lowest BCUT2D eigenvalue weighted by atomic mass is 9.82. The predicted octanol–water partition coefficient (Wildman–Crippen LogP) is 5.50. The Balaban J connectivity index is 1.03. The van der Waals surface area contributed by atoms with Gasteiger partial charge in [-0.05, 0) is 81.1 Å². The number of halogens is 6. The molecule has 3 aliphatic heterocycles. The number of hydrogen-bond donors (Lipinski definition) is 4. The third-order valence-corrected chi connectivity index (χ3v) is 12.2. The Morgan fingerprint density at radius 2 is 1.56 bits per heavy atom. The summed E-state index contributed by atoms with van der Waals surface area (Å²) in [5.74, 6) is 3.24. The van der Waals surface area contributed by atoms with Crippen LogP contribution in [0.2, 0.25) is 0 Å². The molecule has 4 aromatic rings. The van der Waals surface area contributed by atoms with Crippen LogP contribution in [0.3, 0.4) is 0 Å². The van der Waals surface area contributed by atoms with E-state index in [4.69, 9.17) is 9.72 Å². The maximum absolute atomic E-state index is 15.1. The van der Waals surface area contributed by atoms with Crippen LogP contribution in [0, 0.1) is 34.7 Å². The minimum absolute atomic E-state index is 0.00684. The highest BCUT2D eigenvalue weighted by atomic mass is 19.4. The van der Waals surface area contributed by atoms with Crippen molar-refractivity contribution >= 4 is 17.8 Å². The van der Waals surface area contributed by atoms with E-state index in [0.29, 0.717) is 34.8 Å². The lowest BCUT2D eigenvalue weighted by Crippen LogP contribution is -2.62. The molecule has 12 nitrogen and oxygen atoms in total. The first-order chi connectivity index (χ1) is 30.5. The molecule has 340 valence electrons. The van der Waals surface area contributed by atoms with Gasteiger partial charge in [-0.3, -0.25) is 14.7 Å². The van der Waals surface area contributed by atoms with Crippen LogP contribution in [-0.4, -0.2) is 114 Å². The maximum Gasteiger partial charge on any atom is 0.407 e. The molecular weight excluding hydrogens is 845 g/mol. The van der Waals surface area contributed by atoms with Crippen LogP contribution < -0.4 is 20.9 Å². The Morgan fingerprint density at radius 3 is 2.14 bits per heavy atom. The molecule has 3 fully saturated rings. The smallest absolute Gasteiger partial charge is 0.407 e. The lowest BCUT2D eigenvalue weighted by molar-refractivity contribution is -0.220. The third-order valence-electron chi connectivity index (χ3n) is 12.2. The highest BCUT2D eigenvalue weighted by Gasteiger charge is 2.56. The number of amides is 2. The number of nitrogens with zero attached hydrogens (tertiary/aromatic N) is 4. The predicted molar refractivity (Wildman–Crippen MR) is 224 cm³/mol. The summed E-state index contributed by atoms with van der Waals surface area (Å²) in [5.41, 5.74) is -1.33. The number of fused-ring (bicyclic) bond motifs is 2. The largest absolute Gasteiger partial charge is 0.453 e. The van der Waals surface area contributed by atoms with Crippen molar-refractivity contribution < 1.29 is 50.5 Å². The number of carbonyl (C=O) groups excluding carboxylic acids is 2. The maximum atomic E-state index is 15.1. The topological polar surface area (TPSA) is 141 Å². The Kier molecular flexibility index (Phi) is 14.1. The number of benzene rings is 2. The molecule has 4 N–H and O–H groups in total. The van der Waals surface area contributed by atoms with Crippen molar-refractivity contribution in [3.05, 3.63) is 113 Å². The van der Waals surface area contributed by atoms with Crippen LogP contribution in [0.1, 0.15) is 48.9 Å². The fourth-order valence-corrected chi connectivity index (χ4v) is 8.32. The van der Waals surface area contributed by atoms with Crippen molar-refractivity contribution in [2.45, 2.75) is 82.1 Å². The number of carbonyl (C=O) groups is 2. The van der Waals surface area contributed by atoms with Gasteiger partial charge >= 0.3 is 12.3 Å².